The molecule has 0 aliphatic rings. The SMILES string of the molecule is C/C(=C/CC/C(C)=C\COc1ccc2ccc(=O)oc2c1)CO. The fraction of sp³-hybridized carbons (Fsp3) is 0.316. The Kier molecular flexibility index (Phi) is 6.18. The Bertz CT molecular complexity index is 768. The molecule has 0 saturated heterocycles. The average Bonchev–Trinajstić information content (AvgIpc) is 2.54. The number of aliphatic hydroxyl groups excluding tert-OH is 1. The number of fused-ring (bicyclic) bond motifs is 1. The summed E-state index contributed by atoms with van der Waals surface area (Å²) in [5.41, 5.74) is 2.39. The van der Waals surface area contributed by atoms with Gasteiger partial charge in [0.15, 0.2) is 0 Å². The van der Waals surface area contributed by atoms with Gasteiger partial charge in [0.05, 0.1) is 6.61 Å². The fourth-order valence-corrected chi connectivity index (χ4v) is 2.12. The lowest BCUT2D eigenvalue weighted by Gasteiger charge is -2.05. The summed E-state index contributed by atoms with van der Waals surface area (Å²) in [5.74, 6) is 0.673. The van der Waals surface area contributed by atoms with Crippen LogP contribution in [0.1, 0.15) is 26.7 Å². The molecule has 1 aromatic carbocycles. The molecule has 0 aliphatic carbocycles. The Balaban J connectivity index is 1.90. The van der Waals surface area contributed by atoms with E-state index in [-0.39, 0.29) is 12.2 Å². The quantitative estimate of drug-likeness (QED) is 0.623. The minimum atomic E-state index is -0.364. The first kappa shape index (κ1) is 17.0. The van der Waals surface area contributed by atoms with Gasteiger partial charge in [-0.1, -0.05) is 17.2 Å². The van der Waals surface area contributed by atoms with E-state index in [1.807, 2.05) is 31.2 Å². The van der Waals surface area contributed by atoms with Crippen molar-refractivity contribution in [1.29, 1.82) is 0 Å². The average molecular weight is 314 g/mol. The van der Waals surface area contributed by atoms with Crippen LogP contribution < -0.4 is 10.4 Å². The summed E-state index contributed by atoms with van der Waals surface area (Å²) in [6, 6.07) is 8.59. The van der Waals surface area contributed by atoms with Crippen LogP contribution in [0.15, 0.2) is 62.8 Å². The van der Waals surface area contributed by atoms with Gasteiger partial charge in [-0.3, -0.25) is 0 Å². The van der Waals surface area contributed by atoms with Crippen molar-refractivity contribution in [2.75, 3.05) is 13.2 Å². The van der Waals surface area contributed by atoms with Crippen molar-refractivity contribution < 1.29 is 14.3 Å². The summed E-state index contributed by atoms with van der Waals surface area (Å²) >= 11 is 0. The maximum Gasteiger partial charge on any atom is 0.336 e. The second-order valence-corrected chi connectivity index (χ2v) is 5.56. The van der Waals surface area contributed by atoms with Crippen molar-refractivity contribution in [1.82, 2.24) is 0 Å². The second kappa shape index (κ2) is 8.34. The first-order chi connectivity index (χ1) is 11.1. The van der Waals surface area contributed by atoms with Crippen LogP contribution in [0.25, 0.3) is 11.0 Å². The fourth-order valence-electron chi connectivity index (χ4n) is 2.12. The predicted molar refractivity (Wildman–Crippen MR) is 91.8 cm³/mol. The molecule has 1 N–H and O–H groups in total. The van der Waals surface area contributed by atoms with E-state index >= 15 is 0 Å². The third-order valence-corrected chi connectivity index (χ3v) is 3.56. The summed E-state index contributed by atoms with van der Waals surface area (Å²) in [7, 11) is 0. The summed E-state index contributed by atoms with van der Waals surface area (Å²) < 4.78 is 10.8. The van der Waals surface area contributed by atoms with Crippen LogP contribution in [0.4, 0.5) is 0 Å². The first-order valence-electron chi connectivity index (χ1n) is 7.67. The molecule has 4 nitrogen and oxygen atoms in total. The lowest BCUT2D eigenvalue weighted by Crippen LogP contribution is -1.97. The van der Waals surface area contributed by atoms with Crippen molar-refractivity contribution in [3.05, 3.63) is 64.1 Å². The normalized spacial score (nSPS) is 12.7. The zero-order chi connectivity index (χ0) is 16.7. The molecular weight excluding hydrogens is 292 g/mol. The van der Waals surface area contributed by atoms with Gasteiger partial charge in [0.25, 0.3) is 0 Å². The van der Waals surface area contributed by atoms with Gasteiger partial charge in [0, 0.05) is 17.5 Å². The molecule has 0 radical (unpaired) electrons. The van der Waals surface area contributed by atoms with Gasteiger partial charge in [0.1, 0.15) is 17.9 Å². The van der Waals surface area contributed by atoms with Gasteiger partial charge in [-0.05, 0) is 51.0 Å². The van der Waals surface area contributed by atoms with E-state index in [4.69, 9.17) is 14.3 Å². The maximum absolute atomic E-state index is 11.2. The molecular formula is C19H22O4. The molecule has 1 heterocycles. The first-order valence-corrected chi connectivity index (χ1v) is 7.67. The van der Waals surface area contributed by atoms with Crippen LogP contribution in [0.2, 0.25) is 0 Å². The largest absolute Gasteiger partial charge is 0.489 e. The third-order valence-electron chi connectivity index (χ3n) is 3.56. The molecule has 4 heteroatoms. The van der Waals surface area contributed by atoms with Crippen LogP contribution in [-0.2, 0) is 0 Å². The molecule has 0 aliphatic heterocycles. The molecule has 0 fully saturated rings. The highest BCUT2D eigenvalue weighted by atomic mass is 16.5. The van der Waals surface area contributed by atoms with Gasteiger partial charge in [0.2, 0.25) is 0 Å². The van der Waals surface area contributed by atoms with Crippen molar-refractivity contribution in [2.24, 2.45) is 0 Å². The van der Waals surface area contributed by atoms with E-state index < -0.39 is 0 Å². The smallest absolute Gasteiger partial charge is 0.336 e. The number of hydrogen-bond acceptors (Lipinski definition) is 4. The minimum Gasteiger partial charge on any atom is -0.489 e. The number of hydrogen-bond donors (Lipinski definition) is 1. The Morgan fingerprint density at radius 2 is 1.96 bits per heavy atom. The number of rotatable bonds is 7. The highest BCUT2D eigenvalue weighted by Crippen LogP contribution is 2.19. The van der Waals surface area contributed by atoms with E-state index in [9.17, 15) is 4.79 Å². The molecule has 0 bridgehead atoms. The molecule has 23 heavy (non-hydrogen) atoms. The van der Waals surface area contributed by atoms with Crippen LogP contribution in [0, 0.1) is 0 Å². The monoisotopic (exact) mass is 314 g/mol. The second-order valence-electron chi connectivity index (χ2n) is 5.56. The molecule has 0 atom stereocenters. The predicted octanol–water partition coefficient (Wildman–Crippen LogP) is 3.84. The molecule has 2 rings (SSSR count). The lowest BCUT2D eigenvalue weighted by atomic mass is 10.1. The highest BCUT2D eigenvalue weighted by molar-refractivity contribution is 5.77. The van der Waals surface area contributed by atoms with Crippen molar-refractivity contribution in [3.8, 4) is 5.75 Å². The molecule has 1 aromatic heterocycles. The van der Waals surface area contributed by atoms with Gasteiger partial charge < -0.3 is 14.3 Å². The van der Waals surface area contributed by atoms with Crippen LogP contribution >= 0.6 is 0 Å². The topological polar surface area (TPSA) is 59.7 Å². The van der Waals surface area contributed by atoms with E-state index in [0.29, 0.717) is 17.9 Å². The van der Waals surface area contributed by atoms with Crippen LogP contribution in [0.3, 0.4) is 0 Å². The van der Waals surface area contributed by atoms with Crippen molar-refractivity contribution in [3.63, 3.8) is 0 Å². The standard InChI is InChI=1S/C19H22O4/c1-14(4-3-5-15(2)13-20)10-11-22-17-8-6-16-7-9-19(21)23-18(16)12-17/h5-10,12,20H,3-4,11,13H2,1-2H3/b14-10-,15-5-. The Morgan fingerprint density at radius 1 is 1.17 bits per heavy atom. The number of allylic oxidation sites excluding steroid dienone is 2. The molecule has 0 spiro atoms. The Morgan fingerprint density at radius 3 is 2.74 bits per heavy atom. The summed E-state index contributed by atoms with van der Waals surface area (Å²) in [5, 5.41) is 9.80. The molecule has 2 aromatic rings. The van der Waals surface area contributed by atoms with Gasteiger partial charge in [-0.2, -0.15) is 0 Å². The van der Waals surface area contributed by atoms with E-state index in [0.717, 1.165) is 23.8 Å². The zero-order valence-electron chi connectivity index (χ0n) is 13.5. The van der Waals surface area contributed by atoms with Crippen LogP contribution in [0.5, 0.6) is 5.75 Å². The highest BCUT2D eigenvalue weighted by Gasteiger charge is 2.00. The molecule has 0 amide bonds. The van der Waals surface area contributed by atoms with Gasteiger partial charge in [-0.15, -0.1) is 0 Å². The van der Waals surface area contributed by atoms with Crippen molar-refractivity contribution in [2.45, 2.75) is 26.7 Å². The molecule has 122 valence electrons. The molecule has 0 saturated carbocycles. The number of benzene rings is 1. The van der Waals surface area contributed by atoms with Gasteiger partial charge in [-0.25, -0.2) is 4.79 Å². The van der Waals surface area contributed by atoms with E-state index in [1.165, 1.54) is 11.6 Å². The zero-order valence-corrected chi connectivity index (χ0v) is 13.5. The third kappa shape index (κ3) is 5.42. The summed E-state index contributed by atoms with van der Waals surface area (Å²) in [4.78, 5) is 11.2. The Hall–Kier alpha value is -2.33. The molecule has 0 unspecified atom stereocenters. The number of aliphatic hydroxyl groups is 1. The summed E-state index contributed by atoms with van der Waals surface area (Å²) in [6.45, 7) is 4.56. The maximum atomic E-state index is 11.2. The van der Waals surface area contributed by atoms with E-state index in [1.54, 1.807) is 12.1 Å². The lowest BCUT2D eigenvalue weighted by molar-refractivity contribution is 0.331. The summed E-state index contributed by atoms with van der Waals surface area (Å²) in [6.07, 6.45) is 5.93. The number of ether oxygens (including phenoxy) is 1. The van der Waals surface area contributed by atoms with E-state index in [2.05, 4.69) is 6.92 Å². The minimum absolute atomic E-state index is 0.115. The van der Waals surface area contributed by atoms with Crippen LogP contribution in [-0.4, -0.2) is 18.3 Å². The van der Waals surface area contributed by atoms with Crippen molar-refractivity contribution >= 4 is 11.0 Å². The van der Waals surface area contributed by atoms with Gasteiger partial charge >= 0.3 is 5.63 Å². The Labute approximate surface area is 135 Å².